The van der Waals surface area contributed by atoms with Gasteiger partial charge in [0.25, 0.3) is 0 Å². The van der Waals surface area contributed by atoms with Gasteiger partial charge in [-0.1, -0.05) is 0 Å². The molecule has 0 saturated carbocycles. The average Bonchev–Trinajstić information content (AvgIpc) is 2.68. The van der Waals surface area contributed by atoms with Crippen LogP contribution in [0.25, 0.3) is 0 Å². The Kier molecular flexibility index (Phi) is 3.42. The van der Waals surface area contributed by atoms with Gasteiger partial charge in [0.15, 0.2) is 0 Å². The molecule has 0 fully saturated rings. The van der Waals surface area contributed by atoms with Gasteiger partial charge in [-0.05, 0) is 28.9 Å². The molecule has 90 valence electrons. The number of H-pyrrole nitrogens is 1. The summed E-state index contributed by atoms with van der Waals surface area (Å²) in [4.78, 5) is 7.03. The maximum absolute atomic E-state index is 13.4. The summed E-state index contributed by atoms with van der Waals surface area (Å²) in [6.45, 7) is 2.23. The zero-order valence-electron chi connectivity index (χ0n) is 9.02. The van der Waals surface area contributed by atoms with E-state index in [9.17, 15) is 8.78 Å². The highest BCUT2D eigenvalue weighted by Crippen LogP contribution is 2.23. The maximum atomic E-state index is 13.4. The lowest BCUT2D eigenvalue weighted by molar-refractivity contribution is 0.580. The second-order valence-corrected chi connectivity index (χ2v) is 4.45. The Bertz CT molecular complexity index is 540. The van der Waals surface area contributed by atoms with Crippen molar-refractivity contribution in [3.8, 4) is 0 Å². The van der Waals surface area contributed by atoms with Gasteiger partial charge in [0.1, 0.15) is 17.5 Å². The summed E-state index contributed by atoms with van der Waals surface area (Å²) in [5.41, 5.74) is 1.08. The zero-order chi connectivity index (χ0) is 12.4. The molecular weight excluding hydrogens is 292 g/mol. The summed E-state index contributed by atoms with van der Waals surface area (Å²) >= 11 is 3.01. The molecule has 0 unspecified atom stereocenters. The lowest BCUT2D eigenvalue weighted by Gasteiger charge is -2.07. The molecule has 1 aromatic carbocycles. The predicted molar refractivity (Wildman–Crippen MR) is 64.7 cm³/mol. The van der Waals surface area contributed by atoms with Crippen LogP contribution in [0.4, 0.5) is 14.5 Å². The normalized spacial score (nSPS) is 10.6. The van der Waals surface area contributed by atoms with Crippen molar-refractivity contribution in [2.24, 2.45) is 0 Å². The lowest BCUT2D eigenvalue weighted by Crippen LogP contribution is -2.02. The Balaban J connectivity index is 2.11. The second kappa shape index (κ2) is 4.83. The summed E-state index contributed by atoms with van der Waals surface area (Å²) < 4.78 is 26.6. The van der Waals surface area contributed by atoms with Crippen LogP contribution < -0.4 is 5.32 Å². The van der Waals surface area contributed by atoms with Gasteiger partial charge < -0.3 is 10.3 Å². The van der Waals surface area contributed by atoms with Crippen LogP contribution in [0, 0.1) is 18.6 Å². The number of rotatable bonds is 3. The first-order valence-electron chi connectivity index (χ1n) is 4.95. The second-order valence-electron chi connectivity index (χ2n) is 3.59. The summed E-state index contributed by atoms with van der Waals surface area (Å²) in [6.07, 6.45) is 1.67. The van der Waals surface area contributed by atoms with Gasteiger partial charge in [-0.25, -0.2) is 13.8 Å². The Hall–Kier alpha value is -1.43. The van der Waals surface area contributed by atoms with Crippen LogP contribution in [0.3, 0.4) is 0 Å². The third-order valence-electron chi connectivity index (χ3n) is 2.23. The van der Waals surface area contributed by atoms with Gasteiger partial charge in [-0.3, -0.25) is 0 Å². The number of hydrogen-bond acceptors (Lipinski definition) is 2. The van der Waals surface area contributed by atoms with E-state index in [4.69, 9.17) is 0 Å². The number of hydrogen-bond donors (Lipinski definition) is 2. The number of anilines is 1. The molecular formula is C11H10BrF2N3. The van der Waals surface area contributed by atoms with Gasteiger partial charge in [0.2, 0.25) is 0 Å². The molecule has 1 heterocycles. The third-order valence-corrected chi connectivity index (χ3v) is 2.84. The Morgan fingerprint density at radius 2 is 2.12 bits per heavy atom. The number of halogens is 3. The Morgan fingerprint density at radius 1 is 1.35 bits per heavy atom. The molecule has 0 aliphatic rings. The van der Waals surface area contributed by atoms with E-state index in [0.717, 1.165) is 17.6 Å². The summed E-state index contributed by atoms with van der Waals surface area (Å²) in [5.74, 6) is -0.449. The van der Waals surface area contributed by atoms with Crippen LogP contribution in [-0.2, 0) is 6.54 Å². The van der Waals surface area contributed by atoms with E-state index in [1.54, 1.807) is 6.20 Å². The average molecular weight is 302 g/mol. The van der Waals surface area contributed by atoms with Crippen molar-refractivity contribution in [2.75, 3.05) is 5.32 Å². The number of imidazole rings is 1. The number of nitrogens with zero attached hydrogens (tertiary/aromatic N) is 1. The number of aromatic nitrogens is 2. The van der Waals surface area contributed by atoms with Crippen molar-refractivity contribution >= 4 is 21.6 Å². The molecule has 2 rings (SSSR count). The van der Waals surface area contributed by atoms with E-state index in [1.165, 1.54) is 6.07 Å². The van der Waals surface area contributed by atoms with Crippen LogP contribution in [-0.4, -0.2) is 9.97 Å². The van der Waals surface area contributed by atoms with Crippen molar-refractivity contribution in [2.45, 2.75) is 13.5 Å². The Labute approximate surface area is 105 Å². The van der Waals surface area contributed by atoms with Crippen molar-refractivity contribution < 1.29 is 8.78 Å². The van der Waals surface area contributed by atoms with Gasteiger partial charge >= 0.3 is 0 Å². The molecule has 6 heteroatoms. The fourth-order valence-electron chi connectivity index (χ4n) is 1.41. The largest absolute Gasteiger partial charge is 0.377 e. The summed E-state index contributed by atoms with van der Waals surface area (Å²) in [7, 11) is 0. The van der Waals surface area contributed by atoms with Crippen LogP contribution in [0.5, 0.6) is 0 Å². The monoisotopic (exact) mass is 301 g/mol. The van der Waals surface area contributed by atoms with E-state index >= 15 is 0 Å². The molecule has 0 bridgehead atoms. The number of benzene rings is 1. The van der Waals surface area contributed by atoms with Gasteiger partial charge in [-0.2, -0.15) is 0 Å². The van der Waals surface area contributed by atoms with Crippen molar-refractivity contribution in [3.05, 3.63) is 46.0 Å². The van der Waals surface area contributed by atoms with Gasteiger partial charge in [0.05, 0.1) is 28.6 Å². The van der Waals surface area contributed by atoms with E-state index < -0.39 is 11.6 Å². The minimum Gasteiger partial charge on any atom is -0.377 e. The molecule has 3 nitrogen and oxygen atoms in total. The highest BCUT2D eigenvalue weighted by Gasteiger charge is 2.08. The molecule has 0 saturated heterocycles. The molecule has 0 spiro atoms. The van der Waals surface area contributed by atoms with Gasteiger partial charge in [-0.15, -0.1) is 0 Å². The quantitative estimate of drug-likeness (QED) is 0.853. The molecule has 17 heavy (non-hydrogen) atoms. The molecule has 1 aromatic heterocycles. The van der Waals surface area contributed by atoms with Crippen LogP contribution in [0.2, 0.25) is 0 Å². The number of nitrogens with one attached hydrogen (secondary N) is 2. The van der Waals surface area contributed by atoms with Gasteiger partial charge in [0, 0.05) is 6.07 Å². The van der Waals surface area contributed by atoms with Crippen LogP contribution in [0.1, 0.15) is 11.5 Å². The number of aryl methyl sites for hydroxylation is 1. The van der Waals surface area contributed by atoms with Crippen LogP contribution >= 0.6 is 15.9 Å². The SMILES string of the molecule is Cc1ncc(CNc2cc(Br)c(F)cc2F)[nH]1. The molecule has 0 atom stereocenters. The van der Waals surface area contributed by atoms with Crippen LogP contribution in [0.15, 0.2) is 22.8 Å². The van der Waals surface area contributed by atoms with E-state index in [0.29, 0.717) is 6.54 Å². The summed E-state index contributed by atoms with van der Waals surface area (Å²) in [5, 5.41) is 2.87. The Morgan fingerprint density at radius 3 is 2.76 bits per heavy atom. The lowest BCUT2D eigenvalue weighted by atomic mass is 10.3. The number of aromatic amines is 1. The minimum atomic E-state index is -0.623. The van der Waals surface area contributed by atoms with E-state index in [2.05, 4.69) is 31.2 Å². The zero-order valence-corrected chi connectivity index (χ0v) is 10.6. The van der Waals surface area contributed by atoms with E-state index in [-0.39, 0.29) is 10.2 Å². The molecule has 2 N–H and O–H groups in total. The van der Waals surface area contributed by atoms with Crippen molar-refractivity contribution in [1.82, 2.24) is 9.97 Å². The highest BCUT2D eigenvalue weighted by atomic mass is 79.9. The summed E-state index contributed by atoms with van der Waals surface area (Å²) in [6, 6.07) is 2.21. The highest BCUT2D eigenvalue weighted by molar-refractivity contribution is 9.10. The van der Waals surface area contributed by atoms with Crippen molar-refractivity contribution in [3.63, 3.8) is 0 Å². The smallest absolute Gasteiger partial charge is 0.149 e. The topological polar surface area (TPSA) is 40.7 Å². The van der Waals surface area contributed by atoms with Crippen molar-refractivity contribution in [1.29, 1.82) is 0 Å². The molecule has 0 radical (unpaired) electrons. The first-order valence-corrected chi connectivity index (χ1v) is 5.74. The molecule has 0 aliphatic heterocycles. The predicted octanol–water partition coefficient (Wildman–Crippen LogP) is 3.37. The first-order chi connectivity index (χ1) is 8.06. The first kappa shape index (κ1) is 12.0. The maximum Gasteiger partial charge on any atom is 0.149 e. The molecule has 0 amide bonds. The minimum absolute atomic E-state index is 0.224. The standard InChI is InChI=1S/C11H10BrF2N3/c1-6-15-4-7(17-6)5-16-11-2-8(12)9(13)3-10(11)14/h2-4,16H,5H2,1H3,(H,15,17). The third kappa shape index (κ3) is 2.82. The fraction of sp³-hybridized carbons (Fsp3) is 0.182. The molecule has 2 aromatic rings. The fourth-order valence-corrected chi connectivity index (χ4v) is 1.75. The molecule has 0 aliphatic carbocycles. The van der Waals surface area contributed by atoms with E-state index in [1.807, 2.05) is 6.92 Å².